The first kappa shape index (κ1) is 25.7. The van der Waals surface area contributed by atoms with Gasteiger partial charge in [0, 0.05) is 6.54 Å². The minimum atomic E-state index is -0.899. The zero-order valence-electron chi connectivity index (χ0n) is 21.4. The molecule has 3 aromatic carbocycles. The fraction of sp³-hybridized carbons (Fsp3) is 0.367. The number of hydrogen-bond acceptors (Lipinski definition) is 5. The van der Waals surface area contributed by atoms with Gasteiger partial charge in [0.1, 0.15) is 17.1 Å². The van der Waals surface area contributed by atoms with Gasteiger partial charge in [0.25, 0.3) is 0 Å². The number of benzene rings is 3. The summed E-state index contributed by atoms with van der Waals surface area (Å²) in [5, 5.41) is 0. The lowest BCUT2D eigenvalue weighted by atomic mass is 9.80. The highest BCUT2D eigenvalue weighted by atomic mass is 16.5. The Morgan fingerprint density at radius 2 is 1.44 bits per heavy atom. The number of hydrogen-bond donors (Lipinski definition) is 1. The van der Waals surface area contributed by atoms with Crippen molar-refractivity contribution in [3.63, 3.8) is 0 Å². The molecule has 190 valence electrons. The summed E-state index contributed by atoms with van der Waals surface area (Å²) in [5.41, 5.74) is 8.16. The lowest BCUT2D eigenvalue weighted by Gasteiger charge is -2.38. The van der Waals surface area contributed by atoms with Crippen LogP contribution in [0.5, 0.6) is 11.5 Å². The molecule has 4 rings (SSSR count). The summed E-state index contributed by atoms with van der Waals surface area (Å²) in [6.07, 6.45) is 2.45. The summed E-state index contributed by atoms with van der Waals surface area (Å²) < 4.78 is 17.8. The molecule has 0 spiro atoms. The molecule has 0 aromatic heterocycles. The maximum absolute atomic E-state index is 13.0. The minimum Gasteiger partial charge on any atom is -0.497 e. The SMILES string of the molecule is CC[C@H](N)C(=O)N1CCC[C@H]1COC(c1ccccc1)(c1ccc(OC)cc1)c1ccc(OC)cc1. The van der Waals surface area contributed by atoms with E-state index in [1.165, 1.54) is 0 Å². The molecule has 1 aliphatic heterocycles. The monoisotopic (exact) mass is 488 g/mol. The molecule has 36 heavy (non-hydrogen) atoms. The van der Waals surface area contributed by atoms with Crippen LogP contribution in [0.15, 0.2) is 78.9 Å². The van der Waals surface area contributed by atoms with Gasteiger partial charge in [0.2, 0.25) is 5.91 Å². The van der Waals surface area contributed by atoms with Crippen molar-refractivity contribution in [3.8, 4) is 11.5 Å². The average molecular weight is 489 g/mol. The van der Waals surface area contributed by atoms with Crippen molar-refractivity contribution in [2.75, 3.05) is 27.4 Å². The van der Waals surface area contributed by atoms with Crippen molar-refractivity contribution in [2.24, 2.45) is 5.73 Å². The Hall–Kier alpha value is -3.35. The third-order valence-corrected chi connectivity index (χ3v) is 7.08. The number of carbonyl (C=O) groups excluding carboxylic acids is 1. The van der Waals surface area contributed by atoms with Crippen molar-refractivity contribution < 1.29 is 19.0 Å². The highest BCUT2D eigenvalue weighted by Crippen LogP contribution is 2.42. The Kier molecular flexibility index (Phi) is 8.28. The molecule has 1 amide bonds. The molecule has 3 aromatic rings. The van der Waals surface area contributed by atoms with E-state index < -0.39 is 11.6 Å². The van der Waals surface area contributed by atoms with Gasteiger partial charge in [-0.05, 0) is 60.2 Å². The van der Waals surface area contributed by atoms with E-state index in [0.717, 1.165) is 41.0 Å². The van der Waals surface area contributed by atoms with Crippen LogP contribution in [0, 0.1) is 0 Å². The van der Waals surface area contributed by atoms with Crippen molar-refractivity contribution in [2.45, 2.75) is 43.9 Å². The van der Waals surface area contributed by atoms with E-state index >= 15 is 0 Å². The topological polar surface area (TPSA) is 74.0 Å². The fourth-order valence-electron chi connectivity index (χ4n) is 4.98. The molecule has 6 nitrogen and oxygen atoms in total. The van der Waals surface area contributed by atoms with Crippen LogP contribution >= 0.6 is 0 Å². The minimum absolute atomic E-state index is 0.00260. The van der Waals surface area contributed by atoms with Crippen LogP contribution in [-0.2, 0) is 15.1 Å². The van der Waals surface area contributed by atoms with Crippen molar-refractivity contribution in [1.82, 2.24) is 4.90 Å². The number of rotatable bonds is 10. The molecule has 0 aliphatic carbocycles. The van der Waals surface area contributed by atoms with Crippen molar-refractivity contribution in [3.05, 3.63) is 95.6 Å². The number of amides is 1. The standard InChI is InChI=1S/C30H36N2O4/c1-4-28(31)29(33)32-20-8-11-25(32)21-36-30(22-9-6-5-7-10-22,23-12-16-26(34-2)17-13-23)24-14-18-27(35-3)19-15-24/h5-7,9-10,12-19,25,28H,4,8,11,20-21,31H2,1-3H3/t25-,28-/m0/s1. The molecule has 0 unspecified atom stereocenters. The van der Waals surface area contributed by atoms with Crippen LogP contribution in [0.4, 0.5) is 0 Å². The maximum Gasteiger partial charge on any atom is 0.239 e. The van der Waals surface area contributed by atoms with E-state index in [2.05, 4.69) is 12.1 Å². The molecule has 1 fully saturated rings. The second-order valence-corrected chi connectivity index (χ2v) is 9.16. The molecule has 1 saturated heterocycles. The first-order valence-corrected chi connectivity index (χ1v) is 12.6. The summed E-state index contributed by atoms with van der Waals surface area (Å²) >= 11 is 0. The van der Waals surface area contributed by atoms with Gasteiger partial charge in [-0.2, -0.15) is 0 Å². The number of nitrogens with two attached hydrogens (primary N) is 1. The average Bonchev–Trinajstić information content (AvgIpc) is 3.42. The first-order valence-electron chi connectivity index (χ1n) is 12.6. The summed E-state index contributed by atoms with van der Waals surface area (Å²) in [6.45, 7) is 3.04. The molecule has 0 radical (unpaired) electrons. The molecule has 0 saturated carbocycles. The smallest absolute Gasteiger partial charge is 0.239 e. The molecule has 2 atom stereocenters. The Bertz CT molecular complexity index is 1070. The number of methoxy groups -OCH3 is 2. The number of nitrogens with zero attached hydrogens (tertiary/aromatic N) is 1. The highest BCUT2D eigenvalue weighted by Gasteiger charge is 2.40. The van der Waals surface area contributed by atoms with Crippen LogP contribution < -0.4 is 15.2 Å². The quantitative estimate of drug-likeness (QED) is 0.417. The lowest BCUT2D eigenvalue weighted by molar-refractivity contribution is -0.135. The van der Waals surface area contributed by atoms with Gasteiger partial charge >= 0.3 is 0 Å². The van der Waals surface area contributed by atoms with Crippen molar-refractivity contribution >= 4 is 5.91 Å². The summed E-state index contributed by atoms with van der Waals surface area (Å²) in [6, 6.07) is 25.7. The van der Waals surface area contributed by atoms with Crippen molar-refractivity contribution in [1.29, 1.82) is 0 Å². The largest absolute Gasteiger partial charge is 0.497 e. The van der Waals surface area contributed by atoms with Gasteiger partial charge in [-0.15, -0.1) is 0 Å². The Morgan fingerprint density at radius 1 is 0.917 bits per heavy atom. The molecule has 0 bridgehead atoms. The summed E-state index contributed by atoms with van der Waals surface area (Å²) in [4.78, 5) is 14.9. The molecular formula is C30H36N2O4. The number of carbonyl (C=O) groups is 1. The number of likely N-dealkylation sites (tertiary alicyclic amines) is 1. The molecule has 1 aliphatic rings. The van der Waals surface area contributed by atoms with Gasteiger partial charge in [-0.1, -0.05) is 61.5 Å². The second-order valence-electron chi connectivity index (χ2n) is 9.16. The van der Waals surface area contributed by atoms with E-state index in [4.69, 9.17) is 19.9 Å². The first-order chi connectivity index (χ1) is 17.5. The third-order valence-electron chi connectivity index (χ3n) is 7.08. The van der Waals surface area contributed by atoms with E-state index in [0.29, 0.717) is 19.6 Å². The molecule has 6 heteroatoms. The zero-order valence-corrected chi connectivity index (χ0v) is 21.4. The Balaban J connectivity index is 1.79. The van der Waals surface area contributed by atoms with Crippen LogP contribution in [0.25, 0.3) is 0 Å². The van der Waals surface area contributed by atoms with Gasteiger partial charge in [0.05, 0.1) is 32.9 Å². The van der Waals surface area contributed by atoms with Gasteiger partial charge in [0.15, 0.2) is 0 Å². The zero-order chi connectivity index (χ0) is 25.5. The van der Waals surface area contributed by atoms with E-state index in [1.807, 2.05) is 78.6 Å². The fourth-order valence-corrected chi connectivity index (χ4v) is 4.98. The van der Waals surface area contributed by atoms with Crippen LogP contribution in [0.1, 0.15) is 42.9 Å². The van der Waals surface area contributed by atoms with Crippen LogP contribution in [-0.4, -0.2) is 50.3 Å². The Labute approximate surface area is 214 Å². The highest BCUT2D eigenvalue weighted by molar-refractivity contribution is 5.82. The van der Waals surface area contributed by atoms with E-state index in [-0.39, 0.29) is 11.9 Å². The normalized spacial score (nSPS) is 16.6. The number of ether oxygens (including phenoxy) is 3. The third kappa shape index (κ3) is 5.11. The summed E-state index contributed by atoms with van der Waals surface area (Å²) in [7, 11) is 3.32. The predicted molar refractivity (Wildman–Crippen MR) is 141 cm³/mol. The summed E-state index contributed by atoms with van der Waals surface area (Å²) in [5.74, 6) is 1.55. The van der Waals surface area contributed by atoms with Gasteiger partial charge in [-0.3, -0.25) is 4.79 Å². The molecule has 1 heterocycles. The molecular weight excluding hydrogens is 452 g/mol. The maximum atomic E-state index is 13.0. The Morgan fingerprint density at radius 3 is 1.94 bits per heavy atom. The van der Waals surface area contributed by atoms with E-state index in [1.54, 1.807) is 14.2 Å². The predicted octanol–water partition coefficient (Wildman–Crippen LogP) is 4.74. The lowest BCUT2D eigenvalue weighted by Crippen LogP contribution is -2.48. The second kappa shape index (κ2) is 11.6. The van der Waals surface area contributed by atoms with E-state index in [9.17, 15) is 4.79 Å². The van der Waals surface area contributed by atoms with Gasteiger partial charge in [-0.25, -0.2) is 0 Å². The van der Waals surface area contributed by atoms with Gasteiger partial charge < -0.3 is 24.8 Å². The van der Waals surface area contributed by atoms with Crippen LogP contribution in [0.2, 0.25) is 0 Å². The van der Waals surface area contributed by atoms with Crippen LogP contribution in [0.3, 0.4) is 0 Å². The molecule has 2 N–H and O–H groups in total.